The Bertz CT molecular complexity index is 519. The van der Waals surface area contributed by atoms with E-state index in [4.69, 9.17) is 16.6 Å². The maximum Gasteiger partial charge on any atom is 0.238 e. The van der Waals surface area contributed by atoms with Crippen LogP contribution in [0, 0.1) is 6.92 Å². The third kappa shape index (κ3) is 2.23. The lowest BCUT2D eigenvalue weighted by atomic mass is 9.98. The smallest absolute Gasteiger partial charge is 0.238 e. The minimum absolute atomic E-state index is 0.100. The molecule has 0 saturated carbocycles. The van der Waals surface area contributed by atoms with Crippen LogP contribution in [0.5, 0.6) is 0 Å². The molecule has 0 aliphatic carbocycles. The minimum atomic E-state index is -3.81. The number of benzene rings is 1. The van der Waals surface area contributed by atoms with Crippen molar-refractivity contribution in [3.63, 3.8) is 0 Å². The molecule has 17 heavy (non-hydrogen) atoms. The van der Waals surface area contributed by atoms with Crippen LogP contribution in [0.1, 0.15) is 30.5 Å². The second-order valence-electron chi connectivity index (χ2n) is 3.99. The molecular weight excluding hydrogens is 238 g/mol. The van der Waals surface area contributed by atoms with E-state index in [2.05, 4.69) is 0 Å². The van der Waals surface area contributed by atoms with Gasteiger partial charge in [-0.1, -0.05) is 13.8 Å². The highest BCUT2D eigenvalue weighted by molar-refractivity contribution is 7.89. The van der Waals surface area contributed by atoms with Gasteiger partial charge >= 0.3 is 0 Å². The molecule has 1 aromatic carbocycles. The highest BCUT2D eigenvalue weighted by Gasteiger charge is 2.23. The van der Waals surface area contributed by atoms with Gasteiger partial charge in [-0.05, 0) is 36.5 Å². The van der Waals surface area contributed by atoms with E-state index in [1.807, 2.05) is 13.8 Å². The topological polar surface area (TPSA) is 112 Å². The number of primary sulfonamides is 1. The minimum Gasteiger partial charge on any atom is -0.398 e. The molecule has 6 heteroatoms. The first-order valence-electron chi connectivity index (χ1n) is 5.47. The summed E-state index contributed by atoms with van der Waals surface area (Å²) < 4.78 is 23.3. The van der Waals surface area contributed by atoms with Crippen molar-refractivity contribution in [1.29, 1.82) is 0 Å². The summed E-state index contributed by atoms with van der Waals surface area (Å²) in [5.74, 6) is 0. The van der Waals surface area contributed by atoms with Crippen molar-refractivity contribution >= 4 is 21.4 Å². The van der Waals surface area contributed by atoms with Crippen LogP contribution in [0.15, 0.2) is 4.90 Å². The summed E-state index contributed by atoms with van der Waals surface area (Å²) in [6.07, 6.45) is 1.01. The summed E-state index contributed by atoms with van der Waals surface area (Å²) in [5, 5.41) is 5.26. The van der Waals surface area contributed by atoms with Crippen LogP contribution in [0.3, 0.4) is 0 Å². The lowest BCUT2D eigenvalue weighted by Crippen LogP contribution is -2.20. The quantitative estimate of drug-likeness (QED) is 0.699. The highest BCUT2D eigenvalue weighted by Crippen LogP contribution is 2.34. The summed E-state index contributed by atoms with van der Waals surface area (Å²) in [6, 6.07) is 0. The predicted octanol–water partition coefficient (Wildman–Crippen LogP) is 0.932. The molecule has 1 rings (SSSR count). The first-order valence-corrected chi connectivity index (χ1v) is 7.02. The molecule has 1 aromatic rings. The number of nitrogens with two attached hydrogens (primary N) is 3. The molecule has 0 aliphatic rings. The zero-order chi connectivity index (χ0) is 13.4. The molecule has 0 amide bonds. The average Bonchev–Trinajstić information content (AvgIpc) is 2.24. The van der Waals surface area contributed by atoms with Crippen molar-refractivity contribution < 1.29 is 8.42 Å². The molecule has 0 saturated heterocycles. The third-order valence-corrected chi connectivity index (χ3v) is 4.06. The number of sulfonamides is 1. The van der Waals surface area contributed by atoms with Gasteiger partial charge in [0.1, 0.15) is 0 Å². The molecule has 0 fully saturated rings. The van der Waals surface area contributed by atoms with Gasteiger partial charge in [-0.15, -0.1) is 0 Å². The number of hydrogen-bond acceptors (Lipinski definition) is 4. The lowest BCUT2D eigenvalue weighted by Gasteiger charge is -2.19. The molecule has 0 atom stereocenters. The largest absolute Gasteiger partial charge is 0.398 e. The molecular formula is C11H19N3O2S. The van der Waals surface area contributed by atoms with Crippen molar-refractivity contribution in [3.05, 3.63) is 16.7 Å². The second-order valence-corrected chi connectivity index (χ2v) is 5.49. The lowest BCUT2D eigenvalue weighted by molar-refractivity contribution is 0.595. The summed E-state index contributed by atoms with van der Waals surface area (Å²) in [6.45, 7) is 5.47. The van der Waals surface area contributed by atoms with Crippen LogP contribution in [-0.2, 0) is 22.9 Å². The fraction of sp³-hybridized carbons (Fsp3) is 0.455. The van der Waals surface area contributed by atoms with Crippen LogP contribution < -0.4 is 16.6 Å². The predicted molar refractivity (Wildman–Crippen MR) is 70.1 cm³/mol. The standard InChI is InChI=1S/C11H19N3O2S/c1-4-7-9(12)6(3)10(13)8(5-2)11(7)17(14,15)16/h4-5,12-13H2,1-3H3,(H2,14,15,16). The van der Waals surface area contributed by atoms with E-state index < -0.39 is 10.0 Å². The van der Waals surface area contributed by atoms with Gasteiger partial charge < -0.3 is 11.5 Å². The Hall–Kier alpha value is -1.27. The zero-order valence-electron chi connectivity index (χ0n) is 10.4. The monoisotopic (exact) mass is 257 g/mol. The van der Waals surface area contributed by atoms with E-state index in [-0.39, 0.29) is 4.90 Å². The Labute approximate surface area is 102 Å². The molecule has 0 heterocycles. The van der Waals surface area contributed by atoms with Gasteiger partial charge in [-0.3, -0.25) is 0 Å². The van der Waals surface area contributed by atoms with Crippen LogP contribution in [0.4, 0.5) is 11.4 Å². The fourth-order valence-corrected chi connectivity index (χ4v) is 3.27. The number of nitrogen functional groups attached to an aromatic ring is 2. The van der Waals surface area contributed by atoms with Gasteiger partial charge in [0, 0.05) is 11.4 Å². The van der Waals surface area contributed by atoms with Crippen molar-refractivity contribution in [3.8, 4) is 0 Å². The van der Waals surface area contributed by atoms with Gasteiger partial charge in [0.15, 0.2) is 0 Å². The molecule has 0 radical (unpaired) electrons. The van der Waals surface area contributed by atoms with Gasteiger partial charge in [0.25, 0.3) is 0 Å². The highest BCUT2D eigenvalue weighted by atomic mass is 32.2. The van der Waals surface area contributed by atoms with Crippen molar-refractivity contribution in [2.75, 3.05) is 11.5 Å². The van der Waals surface area contributed by atoms with E-state index in [1.54, 1.807) is 6.92 Å². The summed E-state index contributed by atoms with van der Waals surface area (Å²) in [7, 11) is -3.81. The molecule has 0 bridgehead atoms. The van der Waals surface area contributed by atoms with E-state index in [0.717, 1.165) is 5.56 Å². The van der Waals surface area contributed by atoms with Crippen molar-refractivity contribution in [2.24, 2.45) is 5.14 Å². The van der Waals surface area contributed by atoms with Gasteiger partial charge in [-0.25, -0.2) is 13.6 Å². The Morgan fingerprint density at radius 2 is 1.35 bits per heavy atom. The number of hydrogen-bond donors (Lipinski definition) is 3. The Balaban J connectivity index is 3.90. The van der Waals surface area contributed by atoms with Crippen molar-refractivity contribution in [2.45, 2.75) is 38.5 Å². The molecule has 0 spiro atoms. The molecule has 0 unspecified atom stereocenters. The number of rotatable bonds is 3. The Morgan fingerprint density at radius 3 is 1.59 bits per heavy atom. The van der Waals surface area contributed by atoms with E-state index >= 15 is 0 Å². The molecule has 0 aromatic heterocycles. The molecule has 96 valence electrons. The van der Waals surface area contributed by atoms with Gasteiger partial charge in [0.2, 0.25) is 10.0 Å². The van der Waals surface area contributed by atoms with Gasteiger partial charge in [-0.2, -0.15) is 0 Å². The first kappa shape index (κ1) is 13.8. The SMILES string of the molecule is CCc1c(N)c(C)c(N)c(CC)c1S(N)(=O)=O. The normalized spacial score (nSPS) is 11.8. The molecule has 0 aliphatic heterocycles. The zero-order valence-corrected chi connectivity index (χ0v) is 11.2. The maximum absolute atomic E-state index is 11.7. The fourth-order valence-electron chi connectivity index (χ4n) is 2.07. The third-order valence-electron chi connectivity index (χ3n) is 3.00. The van der Waals surface area contributed by atoms with Crippen LogP contribution >= 0.6 is 0 Å². The van der Waals surface area contributed by atoms with Crippen LogP contribution in [0.25, 0.3) is 0 Å². The van der Waals surface area contributed by atoms with Crippen LogP contribution in [0.2, 0.25) is 0 Å². The second kappa shape index (κ2) is 4.54. The molecule has 6 N–H and O–H groups in total. The van der Waals surface area contributed by atoms with Gasteiger partial charge in [0.05, 0.1) is 4.90 Å². The first-order chi connectivity index (χ1) is 7.75. The van der Waals surface area contributed by atoms with Crippen LogP contribution in [-0.4, -0.2) is 8.42 Å². The van der Waals surface area contributed by atoms with Crippen molar-refractivity contribution in [1.82, 2.24) is 0 Å². The Morgan fingerprint density at radius 1 is 1.00 bits per heavy atom. The Kier molecular flexibility index (Phi) is 3.68. The van der Waals surface area contributed by atoms with E-state index in [9.17, 15) is 8.42 Å². The summed E-state index contributed by atoms with van der Waals surface area (Å²) >= 11 is 0. The summed E-state index contributed by atoms with van der Waals surface area (Å²) in [4.78, 5) is 0.100. The van der Waals surface area contributed by atoms with E-state index in [1.165, 1.54) is 0 Å². The summed E-state index contributed by atoms with van der Waals surface area (Å²) in [5.41, 5.74) is 14.5. The molecule has 5 nitrogen and oxygen atoms in total. The average molecular weight is 257 g/mol. The van der Waals surface area contributed by atoms with E-state index in [0.29, 0.717) is 35.3 Å². The maximum atomic E-state index is 11.7. The number of anilines is 2.